The fraction of sp³-hybridized carbons (Fsp3) is 0.357. The Labute approximate surface area is 126 Å². The van der Waals surface area contributed by atoms with Gasteiger partial charge in [0.05, 0.1) is 2.88 Å². The zero-order valence-corrected chi connectivity index (χ0v) is 13.4. The lowest BCUT2D eigenvalue weighted by atomic mass is 10.0. The zero-order valence-electron chi connectivity index (χ0n) is 10.4. The van der Waals surface area contributed by atoms with Gasteiger partial charge in [-0.1, -0.05) is 13.0 Å². The van der Waals surface area contributed by atoms with Crippen LogP contribution >= 0.6 is 33.9 Å². The van der Waals surface area contributed by atoms with E-state index in [0.717, 1.165) is 19.4 Å². The summed E-state index contributed by atoms with van der Waals surface area (Å²) in [5, 5.41) is 5.88. The Morgan fingerprint density at radius 3 is 3.00 bits per heavy atom. The lowest BCUT2D eigenvalue weighted by Crippen LogP contribution is -2.23. The average Bonchev–Trinajstić information content (AvgIpc) is 2.82. The molecule has 0 fully saturated rings. The van der Waals surface area contributed by atoms with Crippen molar-refractivity contribution in [2.75, 3.05) is 6.54 Å². The third kappa shape index (κ3) is 4.03. The molecule has 0 aliphatic carbocycles. The van der Waals surface area contributed by atoms with E-state index in [9.17, 15) is 0 Å². The van der Waals surface area contributed by atoms with Crippen LogP contribution in [0.5, 0.6) is 0 Å². The lowest BCUT2D eigenvalue weighted by Gasteiger charge is -2.17. The van der Waals surface area contributed by atoms with Gasteiger partial charge < -0.3 is 5.32 Å². The van der Waals surface area contributed by atoms with E-state index in [0.29, 0.717) is 6.04 Å². The molecule has 2 nitrogen and oxygen atoms in total. The molecule has 0 aromatic carbocycles. The van der Waals surface area contributed by atoms with E-state index < -0.39 is 0 Å². The molecule has 0 aliphatic rings. The maximum Gasteiger partial charge on any atom is 0.0656 e. The number of halogens is 1. The number of aromatic nitrogens is 1. The molecule has 0 aliphatic heterocycles. The zero-order chi connectivity index (χ0) is 12.8. The van der Waals surface area contributed by atoms with Crippen LogP contribution in [-0.2, 0) is 6.42 Å². The Morgan fingerprint density at radius 1 is 1.50 bits per heavy atom. The molecule has 2 heterocycles. The second-order valence-corrected chi connectivity index (χ2v) is 7.06. The summed E-state index contributed by atoms with van der Waals surface area (Å²) >= 11 is 4.19. The summed E-state index contributed by atoms with van der Waals surface area (Å²) < 4.78 is 1.34. The molecular formula is C14H17IN2S. The van der Waals surface area contributed by atoms with Crippen molar-refractivity contribution < 1.29 is 0 Å². The molecule has 1 unspecified atom stereocenters. The summed E-state index contributed by atoms with van der Waals surface area (Å²) in [6.07, 6.45) is 5.94. The molecule has 0 radical (unpaired) electrons. The molecule has 0 saturated heterocycles. The van der Waals surface area contributed by atoms with Gasteiger partial charge in [-0.2, -0.15) is 0 Å². The molecule has 96 valence electrons. The Morgan fingerprint density at radius 2 is 2.39 bits per heavy atom. The molecule has 18 heavy (non-hydrogen) atoms. The van der Waals surface area contributed by atoms with Crippen molar-refractivity contribution in [3.63, 3.8) is 0 Å². The van der Waals surface area contributed by atoms with Crippen LogP contribution in [0.1, 0.15) is 30.5 Å². The largest absolute Gasteiger partial charge is 0.310 e. The highest BCUT2D eigenvalue weighted by Gasteiger charge is 2.13. The molecule has 0 spiro atoms. The number of hydrogen-bond donors (Lipinski definition) is 1. The average molecular weight is 372 g/mol. The minimum Gasteiger partial charge on any atom is -0.310 e. The second kappa shape index (κ2) is 7.21. The molecule has 2 rings (SSSR count). The predicted octanol–water partition coefficient (Wildman–Crippen LogP) is 4.03. The van der Waals surface area contributed by atoms with Crippen molar-refractivity contribution in [1.29, 1.82) is 0 Å². The highest BCUT2D eigenvalue weighted by molar-refractivity contribution is 14.1. The first-order valence-electron chi connectivity index (χ1n) is 6.16. The SMILES string of the molecule is CCCNC(Cc1cccnc1)c1csc(I)c1. The fourth-order valence-electron chi connectivity index (χ4n) is 1.89. The fourth-order valence-corrected chi connectivity index (χ4v) is 3.31. The summed E-state index contributed by atoms with van der Waals surface area (Å²) in [6.45, 7) is 3.25. The molecule has 1 atom stereocenters. The first-order valence-corrected chi connectivity index (χ1v) is 8.11. The minimum atomic E-state index is 0.397. The van der Waals surface area contributed by atoms with Crippen LogP contribution < -0.4 is 5.32 Å². The van der Waals surface area contributed by atoms with E-state index in [2.05, 4.69) is 57.3 Å². The Balaban J connectivity index is 2.10. The maximum atomic E-state index is 4.19. The molecule has 2 aromatic heterocycles. The van der Waals surface area contributed by atoms with Crippen molar-refractivity contribution >= 4 is 33.9 Å². The van der Waals surface area contributed by atoms with E-state index in [1.165, 1.54) is 14.0 Å². The van der Waals surface area contributed by atoms with Crippen LogP contribution in [-0.4, -0.2) is 11.5 Å². The minimum absolute atomic E-state index is 0.397. The highest BCUT2D eigenvalue weighted by Crippen LogP contribution is 2.24. The van der Waals surface area contributed by atoms with Gasteiger partial charge in [-0.25, -0.2) is 0 Å². The van der Waals surface area contributed by atoms with Crippen LogP contribution in [0.2, 0.25) is 0 Å². The summed E-state index contributed by atoms with van der Waals surface area (Å²) in [6, 6.07) is 6.82. The lowest BCUT2D eigenvalue weighted by molar-refractivity contribution is 0.530. The van der Waals surface area contributed by atoms with Crippen molar-refractivity contribution in [3.8, 4) is 0 Å². The smallest absolute Gasteiger partial charge is 0.0656 e. The third-order valence-electron chi connectivity index (χ3n) is 2.79. The third-order valence-corrected chi connectivity index (χ3v) is 4.60. The van der Waals surface area contributed by atoms with E-state index in [1.54, 1.807) is 0 Å². The molecule has 0 saturated carbocycles. The summed E-state index contributed by atoms with van der Waals surface area (Å²) in [7, 11) is 0. The number of hydrogen-bond acceptors (Lipinski definition) is 3. The predicted molar refractivity (Wildman–Crippen MR) is 86.0 cm³/mol. The van der Waals surface area contributed by atoms with Crippen molar-refractivity contribution in [3.05, 3.63) is 50.0 Å². The molecular weight excluding hydrogens is 355 g/mol. The first kappa shape index (κ1) is 14.0. The van der Waals surface area contributed by atoms with Gasteiger partial charge in [0.1, 0.15) is 0 Å². The quantitative estimate of drug-likeness (QED) is 0.775. The number of pyridine rings is 1. The van der Waals surface area contributed by atoms with Crippen molar-refractivity contribution in [1.82, 2.24) is 10.3 Å². The standard InChI is InChI=1S/C14H17IN2S/c1-2-5-17-13(12-8-14(15)18-10-12)7-11-4-3-6-16-9-11/h3-4,6,8-10,13,17H,2,5,7H2,1H3. The van der Waals surface area contributed by atoms with Gasteiger partial charge in [-0.05, 0) is 70.6 Å². The summed E-state index contributed by atoms with van der Waals surface area (Å²) in [4.78, 5) is 4.19. The van der Waals surface area contributed by atoms with Gasteiger partial charge in [0.2, 0.25) is 0 Å². The molecule has 0 amide bonds. The van der Waals surface area contributed by atoms with E-state index in [4.69, 9.17) is 0 Å². The molecule has 0 bridgehead atoms. The number of nitrogens with one attached hydrogen (secondary N) is 1. The number of thiophene rings is 1. The molecule has 2 aromatic rings. The summed E-state index contributed by atoms with van der Waals surface area (Å²) in [5.41, 5.74) is 2.68. The monoisotopic (exact) mass is 372 g/mol. The Hall–Kier alpha value is -0.460. The van der Waals surface area contributed by atoms with Gasteiger partial charge in [0, 0.05) is 18.4 Å². The Kier molecular flexibility index (Phi) is 5.59. The van der Waals surface area contributed by atoms with E-state index >= 15 is 0 Å². The van der Waals surface area contributed by atoms with Gasteiger partial charge in [0.25, 0.3) is 0 Å². The second-order valence-electron chi connectivity index (χ2n) is 4.26. The number of nitrogens with zero attached hydrogens (tertiary/aromatic N) is 1. The molecule has 4 heteroatoms. The van der Waals surface area contributed by atoms with Crippen LogP contribution in [0.25, 0.3) is 0 Å². The maximum absolute atomic E-state index is 4.19. The van der Waals surface area contributed by atoms with Crippen LogP contribution in [0, 0.1) is 2.88 Å². The normalized spacial score (nSPS) is 12.6. The van der Waals surface area contributed by atoms with Crippen LogP contribution in [0.3, 0.4) is 0 Å². The van der Waals surface area contributed by atoms with Crippen molar-refractivity contribution in [2.24, 2.45) is 0 Å². The highest BCUT2D eigenvalue weighted by atomic mass is 127. The topological polar surface area (TPSA) is 24.9 Å². The first-order chi connectivity index (χ1) is 8.79. The van der Waals surface area contributed by atoms with Gasteiger partial charge in [-0.15, -0.1) is 11.3 Å². The number of rotatable bonds is 6. The summed E-state index contributed by atoms with van der Waals surface area (Å²) in [5.74, 6) is 0. The Bertz CT molecular complexity index is 470. The van der Waals surface area contributed by atoms with Gasteiger partial charge in [-0.3, -0.25) is 4.98 Å². The van der Waals surface area contributed by atoms with Gasteiger partial charge in [0.15, 0.2) is 0 Å². The van der Waals surface area contributed by atoms with Crippen LogP contribution in [0.4, 0.5) is 0 Å². The van der Waals surface area contributed by atoms with Crippen molar-refractivity contribution in [2.45, 2.75) is 25.8 Å². The van der Waals surface area contributed by atoms with Crippen LogP contribution in [0.15, 0.2) is 36.0 Å². The van der Waals surface area contributed by atoms with E-state index in [-0.39, 0.29) is 0 Å². The van der Waals surface area contributed by atoms with E-state index in [1.807, 2.05) is 29.8 Å². The molecule has 1 N–H and O–H groups in total. The van der Waals surface area contributed by atoms with Gasteiger partial charge >= 0.3 is 0 Å².